The van der Waals surface area contributed by atoms with Crippen LogP contribution in [0.15, 0.2) is 24.0 Å². The normalized spacial score (nSPS) is 35.1. The molecule has 0 aromatic rings. The van der Waals surface area contributed by atoms with Crippen molar-refractivity contribution in [3.63, 3.8) is 0 Å². The van der Waals surface area contributed by atoms with Gasteiger partial charge >= 0.3 is 0 Å². The summed E-state index contributed by atoms with van der Waals surface area (Å²) in [7, 11) is 0. The largest absolute Gasteiger partial charge is 0.508 e. The summed E-state index contributed by atoms with van der Waals surface area (Å²) < 4.78 is 0. The summed E-state index contributed by atoms with van der Waals surface area (Å²) in [5, 5.41) is 18.8. The predicted octanol–water partition coefficient (Wildman–Crippen LogP) is 0.708. The maximum Gasteiger partial charge on any atom is 0.195 e. The van der Waals surface area contributed by atoms with Crippen molar-refractivity contribution in [3.05, 3.63) is 24.0 Å². The van der Waals surface area contributed by atoms with Gasteiger partial charge in [-0.05, 0) is 30.9 Å². The Balaban J connectivity index is 2.29. The first-order valence-corrected chi connectivity index (χ1v) is 3.99. The second-order valence-corrected chi connectivity index (χ2v) is 3.37. The fourth-order valence-electron chi connectivity index (χ4n) is 1.45. The first-order chi connectivity index (χ1) is 5.63. The summed E-state index contributed by atoms with van der Waals surface area (Å²) in [6.45, 7) is 0. The van der Waals surface area contributed by atoms with Gasteiger partial charge in [-0.3, -0.25) is 4.79 Å². The Morgan fingerprint density at radius 1 is 1.50 bits per heavy atom. The number of aliphatic hydroxyl groups excluding tert-OH is 1. The molecule has 0 radical (unpaired) electrons. The van der Waals surface area contributed by atoms with Crippen molar-refractivity contribution in [2.24, 2.45) is 5.92 Å². The van der Waals surface area contributed by atoms with Crippen LogP contribution >= 0.6 is 0 Å². The summed E-state index contributed by atoms with van der Waals surface area (Å²) in [6.07, 6.45) is 5.63. The number of ketones is 1. The molecule has 1 saturated carbocycles. The van der Waals surface area contributed by atoms with E-state index >= 15 is 0 Å². The molecular formula is C9H10O3. The SMILES string of the molecule is O=C1C=C(O)C=CC1(O)C1CC1. The molecule has 0 bridgehead atoms. The average molecular weight is 166 g/mol. The molecule has 2 aliphatic rings. The van der Waals surface area contributed by atoms with E-state index in [4.69, 9.17) is 5.11 Å². The molecule has 1 unspecified atom stereocenters. The van der Waals surface area contributed by atoms with E-state index in [0.717, 1.165) is 18.9 Å². The molecule has 0 aromatic heterocycles. The molecule has 0 heterocycles. The molecule has 2 rings (SSSR count). The number of rotatable bonds is 1. The van der Waals surface area contributed by atoms with Gasteiger partial charge in [-0.15, -0.1) is 0 Å². The molecule has 1 atom stereocenters. The highest BCUT2D eigenvalue weighted by Gasteiger charge is 2.47. The van der Waals surface area contributed by atoms with E-state index in [0.29, 0.717) is 0 Å². The minimum Gasteiger partial charge on any atom is -0.508 e. The van der Waals surface area contributed by atoms with Gasteiger partial charge in [-0.2, -0.15) is 0 Å². The zero-order chi connectivity index (χ0) is 8.77. The highest BCUT2D eigenvalue weighted by Crippen LogP contribution is 2.42. The van der Waals surface area contributed by atoms with Crippen LogP contribution in [0.1, 0.15) is 12.8 Å². The maximum atomic E-state index is 11.3. The monoisotopic (exact) mass is 166 g/mol. The molecule has 0 aromatic carbocycles. The molecule has 0 saturated heterocycles. The van der Waals surface area contributed by atoms with Gasteiger partial charge in [0.15, 0.2) is 5.78 Å². The second kappa shape index (κ2) is 2.20. The lowest BCUT2D eigenvalue weighted by Crippen LogP contribution is -2.39. The van der Waals surface area contributed by atoms with Gasteiger partial charge in [-0.1, -0.05) is 0 Å². The molecule has 64 valence electrons. The number of hydrogen-bond acceptors (Lipinski definition) is 3. The number of allylic oxidation sites excluding steroid dienone is 1. The van der Waals surface area contributed by atoms with Crippen molar-refractivity contribution in [2.45, 2.75) is 18.4 Å². The third kappa shape index (κ3) is 0.975. The van der Waals surface area contributed by atoms with Gasteiger partial charge in [0.05, 0.1) is 0 Å². The van der Waals surface area contributed by atoms with Gasteiger partial charge in [0.2, 0.25) is 0 Å². The van der Waals surface area contributed by atoms with Gasteiger partial charge < -0.3 is 10.2 Å². The number of aliphatic hydroxyl groups is 2. The Bertz CT molecular complexity index is 286. The molecule has 3 heteroatoms. The molecule has 0 spiro atoms. The molecular weight excluding hydrogens is 156 g/mol. The van der Waals surface area contributed by atoms with E-state index in [-0.39, 0.29) is 11.7 Å². The quantitative estimate of drug-likeness (QED) is 0.603. The minimum absolute atomic E-state index is 0.0607. The number of hydrogen-bond donors (Lipinski definition) is 2. The van der Waals surface area contributed by atoms with E-state index in [1.165, 1.54) is 12.2 Å². The maximum absolute atomic E-state index is 11.3. The van der Waals surface area contributed by atoms with Crippen LogP contribution in [0.5, 0.6) is 0 Å². The van der Waals surface area contributed by atoms with E-state index in [1.807, 2.05) is 0 Å². The van der Waals surface area contributed by atoms with Crippen LogP contribution in [-0.2, 0) is 4.79 Å². The molecule has 2 N–H and O–H groups in total. The first-order valence-electron chi connectivity index (χ1n) is 3.99. The fourth-order valence-corrected chi connectivity index (χ4v) is 1.45. The lowest BCUT2D eigenvalue weighted by molar-refractivity contribution is -0.129. The fraction of sp³-hybridized carbons (Fsp3) is 0.444. The highest BCUT2D eigenvalue weighted by atomic mass is 16.3. The van der Waals surface area contributed by atoms with Crippen molar-refractivity contribution in [1.29, 1.82) is 0 Å². The summed E-state index contributed by atoms with van der Waals surface area (Å²) in [6, 6.07) is 0. The van der Waals surface area contributed by atoms with Crippen LogP contribution < -0.4 is 0 Å². The molecule has 1 fully saturated rings. The molecule has 12 heavy (non-hydrogen) atoms. The number of carbonyl (C=O) groups excluding carboxylic acids is 1. The summed E-state index contributed by atoms with van der Waals surface area (Å²) in [5.74, 6) is -0.416. The lowest BCUT2D eigenvalue weighted by atomic mass is 9.88. The summed E-state index contributed by atoms with van der Waals surface area (Å²) in [4.78, 5) is 11.3. The van der Waals surface area contributed by atoms with Crippen LogP contribution in [0.3, 0.4) is 0 Å². The topological polar surface area (TPSA) is 57.5 Å². The van der Waals surface area contributed by atoms with Crippen LogP contribution in [0.4, 0.5) is 0 Å². The van der Waals surface area contributed by atoms with E-state index in [2.05, 4.69) is 0 Å². The Labute approximate surface area is 70.0 Å². The van der Waals surface area contributed by atoms with Gasteiger partial charge in [0, 0.05) is 6.08 Å². The Morgan fingerprint density at radius 3 is 2.67 bits per heavy atom. The van der Waals surface area contributed by atoms with E-state index < -0.39 is 11.4 Å². The van der Waals surface area contributed by atoms with Crippen molar-refractivity contribution >= 4 is 5.78 Å². The van der Waals surface area contributed by atoms with Gasteiger partial charge in [0.25, 0.3) is 0 Å². The van der Waals surface area contributed by atoms with E-state index in [9.17, 15) is 9.90 Å². The van der Waals surface area contributed by atoms with Crippen molar-refractivity contribution < 1.29 is 15.0 Å². The first kappa shape index (κ1) is 7.55. The third-order valence-corrected chi connectivity index (χ3v) is 2.38. The smallest absolute Gasteiger partial charge is 0.195 e. The molecule has 2 aliphatic carbocycles. The summed E-state index contributed by atoms with van der Waals surface area (Å²) >= 11 is 0. The van der Waals surface area contributed by atoms with Gasteiger partial charge in [0.1, 0.15) is 11.4 Å². The number of carbonyl (C=O) groups is 1. The molecule has 0 amide bonds. The third-order valence-electron chi connectivity index (χ3n) is 2.38. The van der Waals surface area contributed by atoms with Crippen LogP contribution in [0.2, 0.25) is 0 Å². The zero-order valence-electron chi connectivity index (χ0n) is 6.53. The zero-order valence-corrected chi connectivity index (χ0v) is 6.53. The van der Waals surface area contributed by atoms with Crippen LogP contribution in [-0.4, -0.2) is 21.6 Å². The summed E-state index contributed by atoms with van der Waals surface area (Å²) in [5.41, 5.74) is -1.33. The Morgan fingerprint density at radius 2 is 2.17 bits per heavy atom. The van der Waals surface area contributed by atoms with Crippen molar-refractivity contribution in [1.82, 2.24) is 0 Å². The van der Waals surface area contributed by atoms with Crippen LogP contribution in [0, 0.1) is 5.92 Å². The molecule has 3 nitrogen and oxygen atoms in total. The average Bonchev–Trinajstić information content (AvgIpc) is 2.80. The van der Waals surface area contributed by atoms with E-state index in [1.54, 1.807) is 0 Å². The minimum atomic E-state index is -1.33. The second-order valence-electron chi connectivity index (χ2n) is 3.37. The van der Waals surface area contributed by atoms with Crippen molar-refractivity contribution in [2.75, 3.05) is 0 Å². The van der Waals surface area contributed by atoms with Crippen LogP contribution in [0.25, 0.3) is 0 Å². The highest BCUT2D eigenvalue weighted by molar-refractivity contribution is 6.00. The standard InChI is InChI=1S/C9H10O3/c10-7-3-4-9(12,6-1-2-6)8(11)5-7/h3-6,10,12H,1-2H2. The van der Waals surface area contributed by atoms with Crippen molar-refractivity contribution in [3.8, 4) is 0 Å². The Kier molecular flexibility index (Phi) is 1.38. The Hall–Kier alpha value is -1.09. The lowest BCUT2D eigenvalue weighted by Gasteiger charge is -2.23. The van der Waals surface area contributed by atoms with Gasteiger partial charge in [-0.25, -0.2) is 0 Å². The predicted molar refractivity (Wildman–Crippen MR) is 42.5 cm³/mol. The molecule has 0 aliphatic heterocycles.